The Labute approximate surface area is 187 Å². The third-order valence-corrected chi connectivity index (χ3v) is 6.44. The molecule has 1 saturated heterocycles. The summed E-state index contributed by atoms with van der Waals surface area (Å²) in [5.41, 5.74) is 5.76. The van der Waals surface area contributed by atoms with E-state index in [0.29, 0.717) is 0 Å². The zero-order valence-electron chi connectivity index (χ0n) is 18.3. The largest absolute Gasteiger partial charge is 0.495 e. The van der Waals surface area contributed by atoms with Crippen molar-refractivity contribution in [3.8, 4) is 11.4 Å². The first-order valence-corrected chi connectivity index (χ1v) is 11.0. The van der Waals surface area contributed by atoms with Crippen LogP contribution in [0.4, 0.5) is 4.39 Å². The van der Waals surface area contributed by atoms with Gasteiger partial charge < -0.3 is 14.2 Å². The Hall–Kier alpha value is -3.41. The van der Waals surface area contributed by atoms with Gasteiger partial charge in [0.05, 0.1) is 24.8 Å². The van der Waals surface area contributed by atoms with Crippen LogP contribution in [0.15, 0.2) is 54.5 Å². The SMILES string of the molecule is COc1cc(C=C2CCCN([C@H]3Cc4ccc(F)cc4C3)C2=O)ccc1-n1cnc(C)c1. The van der Waals surface area contributed by atoms with Gasteiger partial charge in [-0.1, -0.05) is 12.1 Å². The third-order valence-electron chi connectivity index (χ3n) is 6.44. The summed E-state index contributed by atoms with van der Waals surface area (Å²) in [5, 5.41) is 0. The second-order valence-electron chi connectivity index (χ2n) is 8.60. The van der Waals surface area contributed by atoms with E-state index in [9.17, 15) is 9.18 Å². The van der Waals surface area contributed by atoms with Gasteiger partial charge in [0.15, 0.2) is 0 Å². The van der Waals surface area contributed by atoms with Crippen LogP contribution in [0, 0.1) is 12.7 Å². The molecule has 0 saturated carbocycles. The number of carbonyl (C=O) groups excluding carboxylic acids is 1. The summed E-state index contributed by atoms with van der Waals surface area (Å²) >= 11 is 0. The van der Waals surface area contributed by atoms with Crippen molar-refractivity contribution in [2.75, 3.05) is 13.7 Å². The first-order valence-electron chi connectivity index (χ1n) is 11.0. The molecule has 0 radical (unpaired) electrons. The zero-order chi connectivity index (χ0) is 22.2. The van der Waals surface area contributed by atoms with Crippen LogP contribution in [-0.2, 0) is 17.6 Å². The van der Waals surface area contributed by atoms with E-state index in [1.54, 1.807) is 19.5 Å². The number of likely N-dealkylation sites (tertiary alicyclic amines) is 1. The normalized spacial score (nSPS) is 19.5. The van der Waals surface area contributed by atoms with E-state index in [1.807, 2.05) is 52.9 Å². The quantitative estimate of drug-likeness (QED) is 0.572. The Morgan fingerprint density at radius 3 is 2.78 bits per heavy atom. The summed E-state index contributed by atoms with van der Waals surface area (Å²) in [6.07, 6.45) is 8.89. The lowest BCUT2D eigenvalue weighted by atomic mass is 9.98. The zero-order valence-corrected chi connectivity index (χ0v) is 18.3. The number of halogens is 1. The molecular formula is C26H26FN3O2. The molecule has 6 heteroatoms. The van der Waals surface area contributed by atoms with Crippen molar-refractivity contribution in [1.29, 1.82) is 0 Å². The molecule has 1 aliphatic heterocycles. The van der Waals surface area contributed by atoms with E-state index >= 15 is 0 Å². The minimum atomic E-state index is -0.210. The topological polar surface area (TPSA) is 47.4 Å². The van der Waals surface area contributed by atoms with Crippen LogP contribution in [-0.4, -0.2) is 40.1 Å². The molecule has 1 atom stereocenters. The molecule has 2 aromatic carbocycles. The highest BCUT2D eigenvalue weighted by Crippen LogP contribution is 2.31. The molecule has 164 valence electrons. The molecule has 3 aromatic rings. The van der Waals surface area contributed by atoms with Gasteiger partial charge in [-0.05, 0) is 79.6 Å². The number of aromatic nitrogens is 2. The highest BCUT2D eigenvalue weighted by Gasteiger charge is 2.33. The summed E-state index contributed by atoms with van der Waals surface area (Å²) in [6.45, 7) is 2.70. The molecule has 0 unspecified atom stereocenters. The fourth-order valence-corrected chi connectivity index (χ4v) is 4.85. The number of amides is 1. The second-order valence-corrected chi connectivity index (χ2v) is 8.60. The molecule has 1 aromatic heterocycles. The van der Waals surface area contributed by atoms with E-state index < -0.39 is 0 Å². The number of methoxy groups -OCH3 is 1. The first-order chi connectivity index (χ1) is 15.5. The standard InChI is InChI=1S/C26H26FN3O2/c1-17-15-29(16-28-17)24-8-5-18(11-25(24)32-2)10-20-4-3-9-30(26(20)31)23-13-19-6-7-22(27)12-21(19)14-23/h5-8,10-12,15-16,23H,3-4,9,13-14H2,1-2H3/t23-/m0/s1. The van der Waals surface area contributed by atoms with Crippen molar-refractivity contribution in [2.45, 2.75) is 38.6 Å². The molecule has 2 heterocycles. The van der Waals surface area contributed by atoms with Crippen LogP contribution in [0.25, 0.3) is 11.8 Å². The number of fused-ring (bicyclic) bond motifs is 1. The smallest absolute Gasteiger partial charge is 0.250 e. The number of piperidine rings is 1. The lowest BCUT2D eigenvalue weighted by Crippen LogP contribution is -2.44. The van der Waals surface area contributed by atoms with Gasteiger partial charge in [-0.15, -0.1) is 0 Å². The van der Waals surface area contributed by atoms with E-state index in [1.165, 1.54) is 6.07 Å². The lowest BCUT2D eigenvalue weighted by Gasteiger charge is -2.33. The Morgan fingerprint density at radius 1 is 1.16 bits per heavy atom. The van der Waals surface area contributed by atoms with E-state index in [2.05, 4.69) is 4.98 Å². The van der Waals surface area contributed by atoms with Crippen molar-refractivity contribution in [2.24, 2.45) is 0 Å². The van der Waals surface area contributed by atoms with Gasteiger partial charge in [0.1, 0.15) is 11.6 Å². The van der Waals surface area contributed by atoms with Crippen molar-refractivity contribution >= 4 is 12.0 Å². The minimum absolute atomic E-state index is 0.0859. The maximum absolute atomic E-state index is 13.6. The number of imidazole rings is 1. The van der Waals surface area contributed by atoms with Gasteiger partial charge in [0.2, 0.25) is 5.91 Å². The molecule has 32 heavy (non-hydrogen) atoms. The number of nitrogens with zero attached hydrogens (tertiary/aromatic N) is 3. The maximum Gasteiger partial charge on any atom is 0.250 e. The van der Waals surface area contributed by atoms with Gasteiger partial charge in [0.25, 0.3) is 0 Å². The summed E-state index contributed by atoms with van der Waals surface area (Å²) in [5.74, 6) is 0.603. The number of aryl methyl sites for hydroxylation is 1. The Kier molecular flexibility index (Phi) is 5.29. The molecule has 0 spiro atoms. The van der Waals surface area contributed by atoms with Crippen molar-refractivity contribution in [3.05, 3.63) is 82.7 Å². The number of hydrogen-bond donors (Lipinski definition) is 0. The highest BCUT2D eigenvalue weighted by atomic mass is 19.1. The first kappa shape index (κ1) is 20.5. The number of benzene rings is 2. The molecule has 5 rings (SSSR count). The maximum atomic E-state index is 13.6. The van der Waals surface area contributed by atoms with E-state index in [4.69, 9.17) is 4.74 Å². The fraction of sp³-hybridized carbons (Fsp3) is 0.308. The highest BCUT2D eigenvalue weighted by molar-refractivity contribution is 5.98. The van der Waals surface area contributed by atoms with Crippen LogP contribution >= 0.6 is 0 Å². The Bertz CT molecular complexity index is 1210. The number of carbonyl (C=O) groups is 1. The average molecular weight is 432 g/mol. The molecule has 0 N–H and O–H groups in total. The summed E-state index contributed by atoms with van der Waals surface area (Å²) in [7, 11) is 1.65. The molecule has 1 amide bonds. The monoisotopic (exact) mass is 431 g/mol. The van der Waals surface area contributed by atoms with Crippen LogP contribution < -0.4 is 4.74 Å². The molecule has 1 fully saturated rings. The van der Waals surface area contributed by atoms with Crippen LogP contribution in [0.3, 0.4) is 0 Å². The number of hydrogen-bond acceptors (Lipinski definition) is 3. The number of rotatable bonds is 4. The van der Waals surface area contributed by atoms with Crippen molar-refractivity contribution in [1.82, 2.24) is 14.5 Å². The van der Waals surface area contributed by atoms with Crippen LogP contribution in [0.2, 0.25) is 0 Å². The summed E-state index contributed by atoms with van der Waals surface area (Å²) < 4.78 is 21.1. The summed E-state index contributed by atoms with van der Waals surface area (Å²) in [4.78, 5) is 19.6. The predicted molar refractivity (Wildman–Crippen MR) is 121 cm³/mol. The predicted octanol–water partition coefficient (Wildman–Crippen LogP) is 4.50. The van der Waals surface area contributed by atoms with Gasteiger partial charge in [-0.2, -0.15) is 0 Å². The molecule has 1 aliphatic carbocycles. The second kappa shape index (κ2) is 8.26. The summed E-state index contributed by atoms with van der Waals surface area (Å²) in [6, 6.07) is 11.0. The van der Waals surface area contributed by atoms with E-state index in [-0.39, 0.29) is 17.8 Å². The Balaban J connectivity index is 1.38. The third kappa shape index (κ3) is 3.81. The Morgan fingerprint density at radius 2 is 2.00 bits per heavy atom. The fourth-order valence-electron chi connectivity index (χ4n) is 4.85. The molecule has 2 aliphatic rings. The van der Waals surface area contributed by atoms with Crippen LogP contribution in [0.5, 0.6) is 5.75 Å². The molecular weight excluding hydrogens is 405 g/mol. The van der Waals surface area contributed by atoms with Crippen molar-refractivity contribution in [3.63, 3.8) is 0 Å². The lowest BCUT2D eigenvalue weighted by molar-refractivity contribution is -0.130. The molecule has 0 bridgehead atoms. The average Bonchev–Trinajstić information content (AvgIpc) is 3.40. The van der Waals surface area contributed by atoms with Gasteiger partial charge in [0, 0.05) is 24.4 Å². The van der Waals surface area contributed by atoms with Gasteiger partial charge in [-0.3, -0.25) is 4.79 Å². The number of ether oxygens (including phenoxy) is 1. The van der Waals surface area contributed by atoms with Crippen molar-refractivity contribution < 1.29 is 13.9 Å². The molecule has 5 nitrogen and oxygen atoms in total. The minimum Gasteiger partial charge on any atom is -0.495 e. The van der Waals surface area contributed by atoms with Gasteiger partial charge in [-0.25, -0.2) is 9.37 Å². The van der Waals surface area contributed by atoms with Crippen LogP contribution in [0.1, 0.15) is 35.2 Å². The van der Waals surface area contributed by atoms with E-state index in [0.717, 1.165) is 71.6 Å². The van der Waals surface area contributed by atoms with Gasteiger partial charge >= 0.3 is 0 Å².